The molecule has 32 heavy (non-hydrogen) atoms. The van der Waals surface area contributed by atoms with Gasteiger partial charge in [-0.3, -0.25) is 4.79 Å². The third-order valence-corrected chi connectivity index (χ3v) is 4.35. The molecule has 0 unspecified atom stereocenters. The quantitative estimate of drug-likeness (QED) is 0.302. The third kappa shape index (κ3) is 5.16. The van der Waals surface area contributed by atoms with Crippen molar-refractivity contribution in [2.45, 2.75) is 6.54 Å². The van der Waals surface area contributed by atoms with Crippen molar-refractivity contribution in [2.75, 3.05) is 21.3 Å². The summed E-state index contributed by atoms with van der Waals surface area (Å²) < 4.78 is 17.0. The van der Waals surface area contributed by atoms with Gasteiger partial charge in [0.1, 0.15) is 5.75 Å². The lowest BCUT2D eigenvalue weighted by Gasteiger charge is -2.09. The van der Waals surface area contributed by atoms with Gasteiger partial charge >= 0.3 is 5.95 Å². The molecule has 3 rings (SSSR count). The number of carbonyl (C=O) groups is 1. The van der Waals surface area contributed by atoms with Crippen LogP contribution in [0.2, 0.25) is 0 Å². The summed E-state index contributed by atoms with van der Waals surface area (Å²) in [5, 5.41) is 18.5. The van der Waals surface area contributed by atoms with Gasteiger partial charge in [0.25, 0.3) is 5.91 Å². The largest absolute Gasteiger partial charge is 0.496 e. The summed E-state index contributed by atoms with van der Waals surface area (Å²) in [6.45, 7) is 0.198. The first-order valence-corrected chi connectivity index (χ1v) is 9.21. The van der Waals surface area contributed by atoms with Crippen LogP contribution in [0, 0.1) is 10.1 Å². The van der Waals surface area contributed by atoms with Gasteiger partial charge in [0.15, 0.2) is 11.5 Å². The highest BCUT2D eigenvalue weighted by atomic mass is 16.6. The molecule has 1 N–H and O–H groups in total. The van der Waals surface area contributed by atoms with Crippen molar-refractivity contribution in [1.82, 2.24) is 20.2 Å². The highest BCUT2D eigenvalue weighted by molar-refractivity contribution is 5.95. The average molecular weight is 440 g/mol. The molecule has 0 aliphatic heterocycles. The Kier molecular flexibility index (Phi) is 6.95. The van der Waals surface area contributed by atoms with Gasteiger partial charge in [-0.1, -0.05) is 4.98 Å². The summed E-state index contributed by atoms with van der Waals surface area (Å²) in [5.41, 5.74) is 4.17. The predicted octanol–water partition coefficient (Wildman–Crippen LogP) is 2.02. The molecule has 0 atom stereocenters. The minimum atomic E-state index is -0.669. The molecule has 12 nitrogen and oxygen atoms in total. The monoisotopic (exact) mass is 440 g/mol. The zero-order chi connectivity index (χ0) is 23.1. The average Bonchev–Trinajstić information content (AvgIpc) is 3.27. The highest BCUT2D eigenvalue weighted by Crippen LogP contribution is 2.27. The summed E-state index contributed by atoms with van der Waals surface area (Å²) in [6, 6.07) is 10.00. The number of rotatable bonds is 9. The fourth-order valence-corrected chi connectivity index (χ4v) is 2.83. The maximum Gasteiger partial charge on any atom is 0.490 e. The van der Waals surface area contributed by atoms with Crippen molar-refractivity contribution >= 4 is 18.1 Å². The minimum absolute atomic E-state index is 0.198. The molecule has 2 aromatic carbocycles. The van der Waals surface area contributed by atoms with E-state index in [1.807, 2.05) is 0 Å². The zero-order valence-corrected chi connectivity index (χ0v) is 17.5. The lowest BCUT2D eigenvalue weighted by atomic mass is 10.1. The number of hydrogen-bond donors (Lipinski definition) is 1. The van der Waals surface area contributed by atoms with E-state index in [9.17, 15) is 14.9 Å². The van der Waals surface area contributed by atoms with Gasteiger partial charge < -0.3 is 24.3 Å². The van der Waals surface area contributed by atoms with Gasteiger partial charge in [0.2, 0.25) is 6.33 Å². The Morgan fingerprint density at radius 2 is 1.84 bits per heavy atom. The van der Waals surface area contributed by atoms with Gasteiger partial charge in [0, 0.05) is 16.2 Å². The molecule has 0 bridgehead atoms. The normalized spacial score (nSPS) is 10.7. The van der Waals surface area contributed by atoms with E-state index in [0.717, 1.165) is 0 Å². The summed E-state index contributed by atoms with van der Waals surface area (Å²) in [7, 11) is 4.51. The number of hydrazone groups is 1. The molecule has 1 aromatic heterocycles. The van der Waals surface area contributed by atoms with E-state index in [2.05, 4.69) is 20.6 Å². The van der Waals surface area contributed by atoms with E-state index < -0.39 is 16.8 Å². The second-order valence-corrected chi connectivity index (χ2v) is 6.34. The van der Waals surface area contributed by atoms with E-state index in [4.69, 9.17) is 14.2 Å². The molecule has 1 amide bonds. The first kappa shape index (κ1) is 22.2. The number of benzene rings is 2. The van der Waals surface area contributed by atoms with E-state index in [-0.39, 0.29) is 6.54 Å². The molecule has 0 saturated carbocycles. The number of amides is 1. The summed E-state index contributed by atoms with van der Waals surface area (Å²) in [4.78, 5) is 26.1. The third-order valence-electron chi connectivity index (χ3n) is 4.35. The van der Waals surface area contributed by atoms with Crippen molar-refractivity contribution in [1.29, 1.82) is 0 Å². The molecule has 0 aliphatic rings. The first-order valence-electron chi connectivity index (χ1n) is 9.21. The molecule has 0 spiro atoms. The Bertz CT molecular complexity index is 1160. The Balaban J connectivity index is 1.72. The molecular formula is C20H20N6O6. The van der Waals surface area contributed by atoms with Crippen molar-refractivity contribution in [2.24, 2.45) is 5.10 Å². The predicted molar refractivity (Wildman–Crippen MR) is 113 cm³/mol. The smallest absolute Gasteiger partial charge is 0.490 e. The van der Waals surface area contributed by atoms with Crippen LogP contribution in [0.5, 0.6) is 17.2 Å². The number of hydrogen-bond acceptors (Lipinski definition) is 9. The molecule has 0 aliphatic carbocycles. The maximum atomic E-state index is 12.4. The second kappa shape index (κ2) is 10.0. The number of carbonyl (C=O) groups excluding carboxylic acids is 1. The minimum Gasteiger partial charge on any atom is -0.496 e. The first-order chi connectivity index (χ1) is 15.4. The molecule has 3 aromatic rings. The molecule has 166 valence electrons. The van der Waals surface area contributed by atoms with Crippen LogP contribution in [0.25, 0.3) is 0 Å². The fraction of sp³-hybridized carbons (Fsp3) is 0.200. The molecule has 0 radical (unpaired) electrons. The van der Waals surface area contributed by atoms with Crippen LogP contribution in [-0.4, -0.2) is 53.1 Å². The van der Waals surface area contributed by atoms with Crippen molar-refractivity contribution < 1.29 is 23.9 Å². The lowest BCUT2D eigenvalue weighted by molar-refractivity contribution is -0.394. The lowest BCUT2D eigenvalue weighted by Crippen LogP contribution is -2.17. The number of nitrogens with zero attached hydrogens (tertiary/aromatic N) is 5. The van der Waals surface area contributed by atoms with Crippen LogP contribution >= 0.6 is 0 Å². The van der Waals surface area contributed by atoms with Crippen molar-refractivity contribution in [3.05, 3.63) is 69.5 Å². The van der Waals surface area contributed by atoms with Gasteiger partial charge in [-0.2, -0.15) is 9.78 Å². The number of nitro groups is 1. The van der Waals surface area contributed by atoms with Crippen LogP contribution in [0.1, 0.15) is 21.5 Å². The van der Waals surface area contributed by atoms with Crippen LogP contribution in [0.3, 0.4) is 0 Å². The summed E-state index contributed by atoms with van der Waals surface area (Å²) in [5.74, 6) is 0.591. The summed E-state index contributed by atoms with van der Waals surface area (Å²) in [6.07, 6.45) is 2.73. The van der Waals surface area contributed by atoms with Crippen LogP contribution in [-0.2, 0) is 6.54 Å². The number of methoxy groups -OCH3 is 3. The van der Waals surface area contributed by atoms with Gasteiger partial charge in [0.05, 0.1) is 34.1 Å². The maximum absolute atomic E-state index is 12.4. The highest BCUT2D eigenvalue weighted by Gasteiger charge is 2.15. The SMILES string of the molecule is COc1ccc(C=NNC(=O)c2ccc(OC)c(OC)c2)cc1Cn1cnc([N+](=O)[O-])n1. The number of aromatic nitrogens is 3. The van der Waals surface area contributed by atoms with Gasteiger partial charge in [-0.15, -0.1) is 0 Å². The molecule has 12 heteroatoms. The molecule has 1 heterocycles. The van der Waals surface area contributed by atoms with Crippen LogP contribution in [0.15, 0.2) is 47.8 Å². The van der Waals surface area contributed by atoms with E-state index in [0.29, 0.717) is 33.9 Å². The van der Waals surface area contributed by atoms with E-state index >= 15 is 0 Å². The Labute approximate surface area is 182 Å². The topological polar surface area (TPSA) is 143 Å². The van der Waals surface area contributed by atoms with Crippen molar-refractivity contribution in [3.63, 3.8) is 0 Å². The van der Waals surface area contributed by atoms with Gasteiger partial charge in [-0.25, -0.2) is 5.43 Å². The van der Waals surface area contributed by atoms with Crippen LogP contribution < -0.4 is 19.6 Å². The Morgan fingerprint density at radius 3 is 2.50 bits per heavy atom. The van der Waals surface area contributed by atoms with E-state index in [1.54, 1.807) is 36.4 Å². The Hall–Kier alpha value is -4.48. The van der Waals surface area contributed by atoms with Gasteiger partial charge in [-0.05, 0) is 46.9 Å². The standard InChI is InChI=1S/C20H20N6O6/c1-30-16-6-4-13(8-15(16)11-25-12-21-20(24-25)26(28)29)10-22-23-19(27)14-5-7-17(31-2)18(9-14)32-3/h4-10,12H,11H2,1-3H3,(H,23,27). The zero-order valence-electron chi connectivity index (χ0n) is 17.5. The number of nitrogens with one attached hydrogen (secondary N) is 1. The second-order valence-electron chi connectivity index (χ2n) is 6.34. The Morgan fingerprint density at radius 1 is 1.12 bits per heavy atom. The van der Waals surface area contributed by atoms with E-state index in [1.165, 1.54) is 38.6 Å². The molecule has 0 fully saturated rings. The fourth-order valence-electron chi connectivity index (χ4n) is 2.83. The summed E-state index contributed by atoms with van der Waals surface area (Å²) >= 11 is 0. The number of ether oxygens (including phenoxy) is 3. The molecular weight excluding hydrogens is 420 g/mol. The van der Waals surface area contributed by atoms with Crippen molar-refractivity contribution in [3.8, 4) is 17.2 Å². The van der Waals surface area contributed by atoms with Crippen LogP contribution in [0.4, 0.5) is 5.95 Å². The molecule has 0 saturated heterocycles.